The second-order valence-electron chi connectivity index (χ2n) is 13.4. The summed E-state index contributed by atoms with van der Waals surface area (Å²) in [5.74, 6) is -2.29. The largest absolute Gasteiger partial charge is 0.480 e. The summed E-state index contributed by atoms with van der Waals surface area (Å²) in [5, 5.41) is 23.9. The second kappa shape index (κ2) is 26.2. The fraction of sp³-hybridized carbons (Fsp3) is 0.513. The predicted molar refractivity (Wildman–Crippen MR) is 225 cm³/mol. The number of carbonyl (C=O) groups is 3. The molecule has 0 spiro atoms. The highest BCUT2D eigenvalue weighted by Crippen LogP contribution is 2.15. The van der Waals surface area contributed by atoms with Gasteiger partial charge >= 0.3 is 5.97 Å². The Morgan fingerprint density at radius 2 is 1.34 bits per heavy atom. The van der Waals surface area contributed by atoms with Crippen LogP contribution in [-0.2, 0) is 39.8 Å². The molecule has 4 aromatic rings. The number of amides is 2. The van der Waals surface area contributed by atoms with E-state index in [2.05, 4.69) is 46.5 Å². The average Bonchev–Trinajstić information content (AvgIpc) is 3.25. The summed E-state index contributed by atoms with van der Waals surface area (Å²) in [5.41, 5.74) is 6.09. The fourth-order valence-electron chi connectivity index (χ4n) is 5.54. The number of hydrogen-bond donors (Lipinski definition) is 8. The number of ether oxygens (including phenoxy) is 5. The van der Waals surface area contributed by atoms with Crippen LogP contribution in [-0.4, -0.2) is 135 Å². The number of H-pyrrole nitrogens is 1. The van der Waals surface area contributed by atoms with E-state index >= 15 is 0 Å². The summed E-state index contributed by atoms with van der Waals surface area (Å²) >= 11 is 0. The van der Waals surface area contributed by atoms with Gasteiger partial charge in [-0.05, 0) is 49.9 Å². The summed E-state index contributed by atoms with van der Waals surface area (Å²) < 4.78 is 26.8. The van der Waals surface area contributed by atoms with E-state index in [9.17, 15) is 33.9 Å². The molecule has 0 radical (unpaired) electrons. The van der Waals surface area contributed by atoms with Crippen molar-refractivity contribution in [1.82, 2.24) is 30.6 Å². The molecule has 1 atom stereocenters. The first kappa shape index (κ1) is 47.6. The smallest absolute Gasteiger partial charge is 0.326 e. The number of nitrogens with two attached hydrogens (primary N) is 1. The van der Waals surface area contributed by atoms with Gasteiger partial charge in [0.05, 0.1) is 58.1 Å². The summed E-state index contributed by atoms with van der Waals surface area (Å²) in [4.78, 5) is 87.5. The molecular weight excluding hydrogens is 800 g/mol. The molecule has 0 bridgehead atoms. The van der Waals surface area contributed by atoms with E-state index in [1.54, 1.807) is 19.2 Å². The number of benzene rings is 1. The number of nitrogen functional groups attached to an aromatic ring is 1. The first-order valence-electron chi connectivity index (χ1n) is 19.8. The maximum absolute atomic E-state index is 12.8. The maximum Gasteiger partial charge on any atom is 0.326 e. The van der Waals surface area contributed by atoms with E-state index in [1.165, 1.54) is 18.3 Å². The minimum Gasteiger partial charge on any atom is -0.480 e. The molecule has 22 heteroatoms. The third-order valence-corrected chi connectivity index (χ3v) is 8.78. The number of carbonyl (C=O) groups excluding carboxylic acids is 2. The minimum absolute atomic E-state index is 0.0500. The van der Waals surface area contributed by atoms with Crippen molar-refractivity contribution in [2.45, 2.75) is 44.7 Å². The summed E-state index contributed by atoms with van der Waals surface area (Å²) in [6.07, 6.45) is 3.10. The monoisotopic (exact) mass is 854 g/mol. The van der Waals surface area contributed by atoms with E-state index in [0.29, 0.717) is 121 Å². The van der Waals surface area contributed by atoms with E-state index in [1.807, 2.05) is 0 Å². The Morgan fingerprint density at radius 1 is 0.770 bits per heavy atom. The molecule has 2 aromatic carbocycles. The Balaban J connectivity index is 0.970. The van der Waals surface area contributed by atoms with Crippen LogP contribution in [0.3, 0.4) is 0 Å². The molecule has 22 nitrogen and oxygen atoms in total. The summed E-state index contributed by atoms with van der Waals surface area (Å²) in [6.45, 7) is 5.39. The molecule has 0 aliphatic heterocycles. The lowest BCUT2D eigenvalue weighted by molar-refractivity contribution is -0.139. The second-order valence-corrected chi connectivity index (χ2v) is 13.4. The Hall–Kier alpha value is -6.07. The third-order valence-electron chi connectivity index (χ3n) is 8.78. The van der Waals surface area contributed by atoms with Gasteiger partial charge in [0.25, 0.3) is 22.3 Å². The topological polar surface area (TPSA) is 309 Å². The van der Waals surface area contributed by atoms with Crippen molar-refractivity contribution in [3.63, 3.8) is 0 Å². The van der Waals surface area contributed by atoms with Crippen molar-refractivity contribution in [3.05, 3.63) is 72.5 Å². The Kier molecular flexibility index (Phi) is 20.5. The Labute approximate surface area is 350 Å². The molecular formula is C39H54N10O12. The number of rotatable bonds is 32. The molecule has 61 heavy (non-hydrogen) atoms. The molecule has 0 unspecified atom stereocenters. The van der Waals surface area contributed by atoms with Gasteiger partial charge < -0.3 is 61.1 Å². The van der Waals surface area contributed by atoms with Gasteiger partial charge in [0.15, 0.2) is 11.2 Å². The predicted octanol–water partition coefficient (Wildman–Crippen LogP) is -0.0101. The van der Waals surface area contributed by atoms with Crippen LogP contribution in [0.5, 0.6) is 0 Å². The molecule has 2 heterocycles. The number of carboxylic acids is 1. The zero-order chi connectivity index (χ0) is 43.8. The van der Waals surface area contributed by atoms with Crippen molar-refractivity contribution >= 4 is 52.0 Å². The van der Waals surface area contributed by atoms with E-state index in [4.69, 9.17) is 29.4 Å². The van der Waals surface area contributed by atoms with Crippen LogP contribution in [0.2, 0.25) is 0 Å². The molecule has 332 valence electrons. The van der Waals surface area contributed by atoms with Gasteiger partial charge in [-0.25, -0.2) is 14.8 Å². The number of nitrogens with zero attached hydrogens (tertiary/aromatic N) is 3. The zero-order valence-corrected chi connectivity index (χ0v) is 34.0. The molecule has 2 aromatic heterocycles. The molecule has 9 N–H and O–H groups in total. The average molecular weight is 855 g/mol. The van der Waals surface area contributed by atoms with Crippen molar-refractivity contribution in [2.24, 2.45) is 0 Å². The number of methoxy groups -OCH3 is 1. The van der Waals surface area contributed by atoms with Crippen LogP contribution < -0.4 is 48.7 Å². The fourth-order valence-corrected chi connectivity index (χ4v) is 5.54. The third kappa shape index (κ3) is 16.5. The highest BCUT2D eigenvalue weighted by atomic mass is 16.5. The van der Waals surface area contributed by atoms with Gasteiger partial charge in [-0.1, -0.05) is 0 Å². The molecule has 0 saturated heterocycles. The Morgan fingerprint density at radius 3 is 1.93 bits per heavy atom. The first-order valence-corrected chi connectivity index (χ1v) is 19.8. The zero-order valence-electron chi connectivity index (χ0n) is 34.0. The molecule has 0 fully saturated rings. The van der Waals surface area contributed by atoms with Gasteiger partial charge in [-0.3, -0.25) is 29.0 Å². The van der Waals surface area contributed by atoms with Gasteiger partial charge in [0.1, 0.15) is 17.4 Å². The van der Waals surface area contributed by atoms with Gasteiger partial charge in [-0.15, -0.1) is 0 Å². The molecule has 0 saturated carbocycles. The summed E-state index contributed by atoms with van der Waals surface area (Å²) in [7, 11) is 1.60. The lowest BCUT2D eigenvalue weighted by atomic mass is 10.1. The number of fused-ring (bicyclic) bond motifs is 1. The van der Waals surface area contributed by atoms with Crippen molar-refractivity contribution in [1.29, 1.82) is 0 Å². The number of aromatic amines is 1. The van der Waals surface area contributed by atoms with Crippen molar-refractivity contribution < 1.29 is 43.2 Å². The lowest BCUT2D eigenvalue weighted by Gasteiger charge is -2.15. The number of nitrogens with one attached hydrogen (secondary N) is 6. The quantitative estimate of drug-likeness (QED) is 0.0237. The van der Waals surface area contributed by atoms with Gasteiger partial charge in [-0.2, -0.15) is 4.98 Å². The molecule has 2 amide bonds. The van der Waals surface area contributed by atoms with Crippen LogP contribution in [0.15, 0.2) is 44.8 Å². The highest BCUT2D eigenvalue weighted by Gasteiger charge is 2.22. The number of anilines is 4. The summed E-state index contributed by atoms with van der Waals surface area (Å²) in [6, 6.07) is 5.02. The van der Waals surface area contributed by atoms with Crippen LogP contribution in [0, 0.1) is 0 Å². The van der Waals surface area contributed by atoms with Crippen LogP contribution in [0.25, 0.3) is 11.2 Å². The number of aliphatic carboxylic acids is 1. The van der Waals surface area contributed by atoms with Gasteiger partial charge in [0, 0.05) is 64.2 Å². The normalized spacial score (nSPS) is 11.7. The van der Waals surface area contributed by atoms with Crippen LogP contribution in [0.1, 0.15) is 48.2 Å². The first-order chi connectivity index (χ1) is 29.6. The van der Waals surface area contributed by atoms with E-state index in [0.717, 1.165) is 0 Å². The molecule has 0 aliphatic rings. The SMILES string of the molecule is COCCOCCCNc1c(NCCCOCCOCCOCCCNC(=O)CC[C@H](NC(=O)c2ccc(NCc3cnc4nc(N)[nH]c(=O)c4n3)cc2)C(=O)O)c(=O)c1=O. The minimum atomic E-state index is -1.28. The lowest BCUT2D eigenvalue weighted by Crippen LogP contribution is -2.41. The maximum atomic E-state index is 12.8. The van der Waals surface area contributed by atoms with Gasteiger partial charge in [0.2, 0.25) is 11.9 Å². The number of carboxylic acid groups (broad SMARTS) is 1. The van der Waals surface area contributed by atoms with Crippen molar-refractivity contribution in [2.75, 3.05) is 108 Å². The van der Waals surface area contributed by atoms with E-state index in [-0.39, 0.29) is 48.0 Å². The number of hydrogen-bond acceptors (Lipinski definition) is 18. The molecule has 4 rings (SSSR count). The van der Waals surface area contributed by atoms with Crippen LogP contribution in [0.4, 0.5) is 23.0 Å². The van der Waals surface area contributed by atoms with Crippen LogP contribution >= 0.6 is 0 Å². The number of aromatic nitrogens is 4. The highest BCUT2D eigenvalue weighted by molar-refractivity contribution is 5.97. The standard InChI is InChI=1S/C39H54N10O12/c1-57-17-18-58-15-3-12-42-30-31(34(52)33(30)51)43-13-4-16-60-20-22-61-21-19-59-14-2-11-41-29(50)10-9-28(38(55)56)47-36(53)25-5-7-26(8-6-25)44-23-27-24-45-35-32(46-27)37(54)49-39(40)48-35/h5-8,24,28,42-44H,2-4,9-23H2,1H3,(H,41,50)(H,47,53)(H,55,56)(H3,40,45,48,49,54)/t28-/m0/s1. The van der Waals surface area contributed by atoms with E-state index < -0.39 is 34.3 Å². The Bertz CT molecular complexity index is 2130. The van der Waals surface area contributed by atoms with Crippen molar-refractivity contribution in [3.8, 4) is 0 Å². The molecule has 0 aliphatic carbocycles.